The molecule has 0 aliphatic carbocycles. The molecule has 2 N–H and O–H groups in total. The zero-order valence-corrected chi connectivity index (χ0v) is 14.9. The number of hydrogen-bond acceptors (Lipinski definition) is 4. The van der Waals surface area contributed by atoms with Crippen LogP contribution in [0, 0.1) is 5.41 Å². The number of ether oxygens (including phenoxy) is 1. The van der Waals surface area contributed by atoms with Crippen molar-refractivity contribution in [2.45, 2.75) is 26.3 Å². The Morgan fingerprint density at radius 2 is 2.04 bits per heavy atom. The Bertz CT molecular complexity index is 702. The number of carbonyl (C=O) groups is 1. The second-order valence-electron chi connectivity index (χ2n) is 7.02. The molecule has 0 unspecified atom stereocenters. The smallest absolute Gasteiger partial charge is 0.254 e. The van der Waals surface area contributed by atoms with Crippen molar-refractivity contribution >= 4 is 5.91 Å². The monoisotopic (exact) mass is 342 g/mol. The Morgan fingerprint density at radius 1 is 1.32 bits per heavy atom. The fourth-order valence-corrected chi connectivity index (χ4v) is 3.09. The molecule has 6 nitrogen and oxygen atoms in total. The van der Waals surface area contributed by atoms with Gasteiger partial charge in [0.25, 0.3) is 5.91 Å². The van der Waals surface area contributed by atoms with E-state index in [1.54, 1.807) is 24.2 Å². The normalized spacial score (nSPS) is 16.4. The van der Waals surface area contributed by atoms with E-state index in [2.05, 4.69) is 22.7 Å². The highest BCUT2D eigenvalue weighted by Gasteiger charge is 2.27. The average Bonchev–Trinajstić information content (AvgIpc) is 3.10. The first kappa shape index (κ1) is 17.5. The number of benzene rings is 1. The lowest BCUT2D eigenvalue weighted by atomic mass is 9.81. The number of piperidine rings is 1. The van der Waals surface area contributed by atoms with Crippen molar-refractivity contribution in [3.8, 4) is 5.75 Å². The van der Waals surface area contributed by atoms with E-state index in [9.17, 15) is 4.79 Å². The predicted molar refractivity (Wildman–Crippen MR) is 96.9 cm³/mol. The van der Waals surface area contributed by atoms with Gasteiger partial charge in [-0.15, -0.1) is 0 Å². The predicted octanol–water partition coefficient (Wildman–Crippen LogP) is 2.06. The summed E-state index contributed by atoms with van der Waals surface area (Å²) < 4.78 is 6.94. The molecule has 6 heteroatoms. The van der Waals surface area contributed by atoms with Crippen LogP contribution in [0.15, 0.2) is 36.7 Å². The highest BCUT2D eigenvalue weighted by Crippen LogP contribution is 2.26. The van der Waals surface area contributed by atoms with Crippen molar-refractivity contribution in [3.05, 3.63) is 47.8 Å². The van der Waals surface area contributed by atoms with Crippen LogP contribution >= 0.6 is 0 Å². The Hall–Kier alpha value is -2.34. The van der Waals surface area contributed by atoms with E-state index in [1.165, 1.54) is 0 Å². The van der Waals surface area contributed by atoms with Gasteiger partial charge in [-0.25, -0.2) is 0 Å². The van der Waals surface area contributed by atoms with Crippen LogP contribution in [0.2, 0.25) is 0 Å². The van der Waals surface area contributed by atoms with Crippen LogP contribution in [0.25, 0.3) is 0 Å². The largest absolute Gasteiger partial charge is 0.497 e. The van der Waals surface area contributed by atoms with Gasteiger partial charge in [0, 0.05) is 12.7 Å². The molecule has 0 spiro atoms. The first-order valence-corrected chi connectivity index (χ1v) is 8.72. The third-order valence-electron chi connectivity index (χ3n) is 4.89. The van der Waals surface area contributed by atoms with Crippen LogP contribution in [0.5, 0.6) is 5.75 Å². The number of nitrogens with zero attached hydrogens (tertiary/aromatic N) is 2. The Labute approximate surface area is 148 Å². The van der Waals surface area contributed by atoms with Gasteiger partial charge < -0.3 is 15.4 Å². The maximum atomic E-state index is 12.4. The summed E-state index contributed by atoms with van der Waals surface area (Å²) in [5.41, 5.74) is 1.89. The lowest BCUT2D eigenvalue weighted by molar-refractivity contribution is 0.0922. The summed E-state index contributed by atoms with van der Waals surface area (Å²) in [6.45, 7) is 5.61. The molecule has 0 bridgehead atoms. The van der Waals surface area contributed by atoms with Crippen LogP contribution in [-0.4, -0.2) is 42.4 Å². The molecule has 0 saturated carbocycles. The summed E-state index contributed by atoms with van der Waals surface area (Å²) >= 11 is 0. The quantitative estimate of drug-likeness (QED) is 0.843. The van der Waals surface area contributed by atoms with Gasteiger partial charge in [-0.1, -0.05) is 19.1 Å². The summed E-state index contributed by atoms with van der Waals surface area (Å²) in [6, 6.07) is 7.84. The molecule has 1 aliphatic heterocycles. The second-order valence-corrected chi connectivity index (χ2v) is 7.02. The minimum atomic E-state index is -0.0549. The number of amides is 1. The third-order valence-corrected chi connectivity index (χ3v) is 4.89. The van der Waals surface area contributed by atoms with Crippen molar-refractivity contribution in [2.75, 3.05) is 26.7 Å². The molecule has 1 saturated heterocycles. The molecule has 1 fully saturated rings. The maximum Gasteiger partial charge on any atom is 0.254 e. The Morgan fingerprint density at radius 3 is 2.72 bits per heavy atom. The molecule has 2 aromatic rings. The number of methoxy groups -OCH3 is 1. The van der Waals surface area contributed by atoms with Crippen molar-refractivity contribution in [1.82, 2.24) is 20.4 Å². The van der Waals surface area contributed by atoms with E-state index in [0.29, 0.717) is 18.7 Å². The van der Waals surface area contributed by atoms with Crippen LogP contribution in [0.1, 0.15) is 35.7 Å². The third kappa shape index (κ3) is 4.60. The van der Waals surface area contributed by atoms with Crippen molar-refractivity contribution in [1.29, 1.82) is 0 Å². The summed E-state index contributed by atoms with van der Waals surface area (Å²) in [5.74, 6) is 0.774. The molecule has 0 atom stereocenters. The lowest BCUT2D eigenvalue weighted by Gasteiger charge is -2.34. The fourth-order valence-electron chi connectivity index (χ4n) is 3.09. The first-order chi connectivity index (χ1) is 12.1. The summed E-state index contributed by atoms with van der Waals surface area (Å²) in [7, 11) is 1.65. The van der Waals surface area contributed by atoms with Crippen LogP contribution in [-0.2, 0) is 6.54 Å². The average molecular weight is 342 g/mol. The Balaban J connectivity index is 1.55. The maximum absolute atomic E-state index is 12.4. The fraction of sp³-hybridized carbons (Fsp3) is 0.474. The van der Waals surface area contributed by atoms with Gasteiger partial charge in [0.2, 0.25) is 0 Å². The minimum Gasteiger partial charge on any atom is -0.497 e. The van der Waals surface area contributed by atoms with E-state index in [0.717, 1.165) is 37.2 Å². The standard InChI is InChI=1S/C19H26N4O2/c1-19(7-9-20-10-8-19)14-21-18(24)16-11-22-23(13-16)12-15-3-5-17(25-2)6-4-15/h3-6,11,13,20H,7-10,12,14H2,1-2H3,(H,21,24). The number of hydrogen-bond donors (Lipinski definition) is 2. The minimum absolute atomic E-state index is 0.0549. The highest BCUT2D eigenvalue weighted by molar-refractivity contribution is 5.93. The lowest BCUT2D eigenvalue weighted by Crippen LogP contribution is -2.42. The van der Waals surface area contributed by atoms with E-state index in [-0.39, 0.29) is 11.3 Å². The summed E-state index contributed by atoms with van der Waals surface area (Å²) in [4.78, 5) is 12.4. The van der Waals surface area contributed by atoms with Crippen molar-refractivity contribution in [3.63, 3.8) is 0 Å². The van der Waals surface area contributed by atoms with Crippen LogP contribution < -0.4 is 15.4 Å². The molecule has 0 radical (unpaired) electrons. The topological polar surface area (TPSA) is 68.2 Å². The number of carbonyl (C=O) groups excluding carboxylic acids is 1. The number of nitrogens with one attached hydrogen (secondary N) is 2. The summed E-state index contributed by atoms with van der Waals surface area (Å²) in [6.07, 6.45) is 5.60. The van der Waals surface area contributed by atoms with Gasteiger partial charge in [-0.3, -0.25) is 9.48 Å². The molecule has 1 aromatic heterocycles. The van der Waals surface area contributed by atoms with Gasteiger partial charge in [0.1, 0.15) is 5.75 Å². The van der Waals surface area contributed by atoms with Crippen LogP contribution in [0.3, 0.4) is 0 Å². The van der Waals surface area contributed by atoms with Crippen molar-refractivity contribution < 1.29 is 9.53 Å². The highest BCUT2D eigenvalue weighted by atomic mass is 16.5. The molecule has 3 rings (SSSR count). The molecule has 25 heavy (non-hydrogen) atoms. The molecular formula is C19H26N4O2. The number of aromatic nitrogens is 2. The van der Waals surface area contributed by atoms with Gasteiger partial charge in [0.15, 0.2) is 0 Å². The zero-order valence-electron chi connectivity index (χ0n) is 14.9. The molecule has 2 heterocycles. The first-order valence-electron chi connectivity index (χ1n) is 8.72. The van der Waals surface area contributed by atoms with Gasteiger partial charge in [-0.2, -0.15) is 5.10 Å². The van der Waals surface area contributed by atoms with Gasteiger partial charge in [-0.05, 0) is 49.0 Å². The SMILES string of the molecule is COc1ccc(Cn2cc(C(=O)NCC3(C)CCNCC3)cn2)cc1. The van der Waals surface area contributed by atoms with E-state index < -0.39 is 0 Å². The summed E-state index contributed by atoms with van der Waals surface area (Å²) in [5, 5.41) is 10.7. The van der Waals surface area contributed by atoms with E-state index in [1.807, 2.05) is 24.3 Å². The van der Waals surface area contributed by atoms with E-state index >= 15 is 0 Å². The van der Waals surface area contributed by atoms with E-state index in [4.69, 9.17) is 4.74 Å². The molecule has 1 amide bonds. The second kappa shape index (κ2) is 7.70. The molecule has 134 valence electrons. The molecular weight excluding hydrogens is 316 g/mol. The van der Waals surface area contributed by atoms with Gasteiger partial charge >= 0.3 is 0 Å². The van der Waals surface area contributed by atoms with Crippen LogP contribution in [0.4, 0.5) is 0 Å². The van der Waals surface area contributed by atoms with Crippen molar-refractivity contribution in [2.24, 2.45) is 5.41 Å². The molecule has 1 aliphatic rings. The van der Waals surface area contributed by atoms with Gasteiger partial charge in [0.05, 0.1) is 25.4 Å². The molecule has 1 aromatic carbocycles. The Kier molecular flexibility index (Phi) is 5.38. The number of rotatable bonds is 6. The zero-order chi connectivity index (χ0) is 17.7.